The number of ether oxygens (including phenoxy) is 2. The van der Waals surface area contributed by atoms with Crippen molar-refractivity contribution in [1.29, 1.82) is 0 Å². The summed E-state index contributed by atoms with van der Waals surface area (Å²) in [7, 11) is -3.78. The third-order valence-electron chi connectivity index (χ3n) is 4.36. The molecule has 4 rings (SSSR count). The fourth-order valence-electron chi connectivity index (χ4n) is 2.87. The van der Waals surface area contributed by atoms with Crippen LogP contribution < -0.4 is 15.0 Å². The first-order chi connectivity index (χ1) is 14.0. The van der Waals surface area contributed by atoms with E-state index in [9.17, 15) is 13.2 Å². The van der Waals surface area contributed by atoms with E-state index in [2.05, 4.69) is 0 Å². The van der Waals surface area contributed by atoms with Crippen molar-refractivity contribution in [2.45, 2.75) is 4.90 Å². The lowest BCUT2D eigenvalue weighted by Crippen LogP contribution is -2.14. The summed E-state index contributed by atoms with van der Waals surface area (Å²) < 4.78 is 37.4. The molecule has 0 spiro atoms. The zero-order chi connectivity index (χ0) is 20.4. The lowest BCUT2D eigenvalue weighted by molar-refractivity contribution is -0.124. The number of benzene rings is 2. The Morgan fingerprint density at radius 1 is 1.03 bits per heavy atom. The van der Waals surface area contributed by atoms with Crippen LogP contribution in [-0.4, -0.2) is 30.3 Å². The van der Waals surface area contributed by atoms with Gasteiger partial charge in [0.2, 0.25) is 6.79 Å². The minimum Gasteiger partial charge on any atom is -0.454 e. The molecular formula is C20H16N2O6S. The lowest BCUT2D eigenvalue weighted by atomic mass is 10.1. The molecular weight excluding hydrogens is 396 g/mol. The quantitative estimate of drug-likeness (QED) is 0.379. The van der Waals surface area contributed by atoms with Gasteiger partial charge in [-0.2, -0.15) is 0 Å². The summed E-state index contributed by atoms with van der Waals surface area (Å²) in [6.07, 6.45) is 5.24. The van der Waals surface area contributed by atoms with Gasteiger partial charge in [-0.3, -0.25) is 10.0 Å². The molecule has 2 N–H and O–H groups in total. The van der Waals surface area contributed by atoms with Crippen molar-refractivity contribution in [1.82, 2.24) is 9.45 Å². The summed E-state index contributed by atoms with van der Waals surface area (Å²) in [5.41, 5.74) is 3.68. The Balaban J connectivity index is 1.57. The van der Waals surface area contributed by atoms with Crippen molar-refractivity contribution in [3.05, 3.63) is 72.6 Å². The van der Waals surface area contributed by atoms with E-state index in [1.807, 2.05) is 18.2 Å². The van der Waals surface area contributed by atoms with Crippen molar-refractivity contribution in [3.63, 3.8) is 0 Å². The summed E-state index contributed by atoms with van der Waals surface area (Å²) >= 11 is 0. The number of hydrogen-bond donors (Lipinski definition) is 2. The first kappa shape index (κ1) is 18.8. The summed E-state index contributed by atoms with van der Waals surface area (Å²) in [6, 6.07) is 13.6. The van der Waals surface area contributed by atoms with Crippen molar-refractivity contribution in [2.75, 3.05) is 6.79 Å². The van der Waals surface area contributed by atoms with E-state index in [1.165, 1.54) is 36.1 Å². The lowest BCUT2D eigenvalue weighted by Gasteiger charge is -2.08. The molecule has 8 nitrogen and oxygen atoms in total. The van der Waals surface area contributed by atoms with Crippen LogP contribution in [0.2, 0.25) is 0 Å². The Morgan fingerprint density at radius 3 is 2.52 bits per heavy atom. The van der Waals surface area contributed by atoms with Gasteiger partial charge in [-0.25, -0.2) is 17.9 Å². The van der Waals surface area contributed by atoms with Crippen LogP contribution in [0.4, 0.5) is 0 Å². The van der Waals surface area contributed by atoms with Crippen molar-refractivity contribution >= 4 is 22.0 Å². The number of nitrogens with zero attached hydrogens (tertiary/aromatic N) is 1. The van der Waals surface area contributed by atoms with Gasteiger partial charge in [0, 0.05) is 18.5 Å². The van der Waals surface area contributed by atoms with Gasteiger partial charge in [0.25, 0.3) is 15.9 Å². The van der Waals surface area contributed by atoms with E-state index < -0.39 is 15.9 Å². The molecule has 0 atom stereocenters. The van der Waals surface area contributed by atoms with Crippen molar-refractivity contribution < 1.29 is 27.9 Å². The highest BCUT2D eigenvalue weighted by atomic mass is 32.2. The molecule has 0 bridgehead atoms. The molecule has 2 aromatic carbocycles. The minimum atomic E-state index is -3.78. The predicted octanol–water partition coefficient (Wildman–Crippen LogP) is 2.64. The average molecular weight is 412 g/mol. The molecule has 2 heterocycles. The van der Waals surface area contributed by atoms with Crippen molar-refractivity contribution in [2.24, 2.45) is 0 Å². The summed E-state index contributed by atoms with van der Waals surface area (Å²) in [4.78, 5) is 11.2. The molecule has 29 heavy (non-hydrogen) atoms. The van der Waals surface area contributed by atoms with Gasteiger partial charge in [0.1, 0.15) is 0 Å². The van der Waals surface area contributed by atoms with E-state index >= 15 is 0 Å². The third-order valence-corrected chi connectivity index (χ3v) is 6.01. The van der Waals surface area contributed by atoms with Gasteiger partial charge >= 0.3 is 0 Å². The Morgan fingerprint density at radius 2 is 1.76 bits per heavy atom. The second-order valence-electron chi connectivity index (χ2n) is 6.18. The Labute approximate surface area is 166 Å². The highest BCUT2D eigenvalue weighted by molar-refractivity contribution is 7.90. The number of nitrogens with one attached hydrogen (secondary N) is 1. The number of carbonyl (C=O) groups is 1. The molecule has 0 saturated carbocycles. The SMILES string of the molecule is O=C(C=Cc1ccn(S(=O)(=O)c2ccc(-c3ccc4c(c3)OCO4)cc2)c1)NO. The maximum atomic E-state index is 12.8. The van der Waals surface area contributed by atoms with Crippen LogP contribution in [0.5, 0.6) is 11.5 Å². The van der Waals surface area contributed by atoms with E-state index in [0.29, 0.717) is 17.1 Å². The standard InChI is InChI=1S/C20H16N2O6S/c23-20(21-24)8-1-14-9-10-22(12-14)29(25,26)17-5-2-15(3-6-17)16-4-7-18-19(11-16)28-13-27-18/h1-12,24H,13H2,(H,21,23). The molecule has 148 valence electrons. The third kappa shape index (κ3) is 3.73. The summed E-state index contributed by atoms with van der Waals surface area (Å²) in [6.45, 7) is 0.189. The van der Waals surface area contributed by atoms with E-state index in [1.54, 1.807) is 18.2 Å². The number of hydroxylamine groups is 1. The van der Waals surface area contributed by atoms with Crippen LogP contribution in [0.25, 0.3) is 17.2 Å². The molecule has 1 amide bonds. The maximum absolute atomic E-state index is 12.8. The zero-order valence-corrected chi connectivity index (χ0v) is 15.8. The molecule has 1 aromatic heterocycles. The highest BCUT2D eigenvalue weighted by Crippen LogP contribution is 2.36. The van der Waals surface area contributed by atoms with Gasteiger partial charge in [-0.05, 0) is 53.1 Å². The molecule has 1 aliphatic rings. The number of rotatable bonds is 5. The maximum Gasteiger partial charge on any atom is 0.267 e. The topological polar surface area (TPSA) is 107 Å². The second-order valence-corrected chi connectivity index (χ2v) is 8.02. The number of hydrogen-bond acceptors (Lipinski definition) is 6. The fourth-order valence-corrected chi connectivity index (χ4v) is 4.07. The van der Waals surface area contributed by atoms with Crippen LogP contribution in [-0.2, 0) is 14.8 Å². The molecule has 9 heteroatoms. The molecule has 0 aliphatic carbocycles. The van der Waals surface area contributed by atoms with E-state index in [0.717, 1.165) is 21.2 Å². The number of fused-ring (bicyclic) bond motifs is 1. The molecule has 1 aliphatic heterocycles. The van der Waals surface area contributed by atoms with Gasteiger partial charge in [-0.1, -0.05) is 18.2 Å². The molecule has 0 radical (unpaired) electrons. The summed E-state index contributed by atoms with van der Waals surface area (Å²) in [5.74, 6) is 0.628. The first-order valence-electron chi connectivity index (χ1n) is 8.53. The van der Waals surface area contributed by atoms with Crippen molar-refractivity contribution in [3.8, 4) is 22.6 Å². The van der Waals surface area contributed by atoms with Crippen LogP contribution in [0.3, 0.4) is 0 Å². The highest BCUT2D eigenvalue weighted by Gasteiger charge is 2.18. The minimum absolute atomic E-state index is 0.126. The Kier molecular flexibility index (Phi) is 4.83. The Hall–Kier alpha value is -3.56. The number of carbonyl (C=O) groups excluding carboxylic acids is 1. The first-order valence-corrected chi connectivity index (χ1v) is 9.97. The van der Waals surface area contributed by atoms with Gasteiger partial charge in [-0.15, -0.1) is 0 Å². The van der Waals surface area contributed by atoms with E-state index in [4.69, 9.17) is 14.7 Å². The van der Waals surface area contributed by atoms with Gasteiger partial charge < -0.3 is 9.47 Å². The average Bonchev–Trinajstić information content (AvgIpc) is 3.41. The number of aromatic nitrogens is 1. The van der Waals surface area contributed by atoms with E-state index in [-0.39, 0.29) is 11.7 Å². The van der Waals surface area contributed by atoms with Crippen LogP contribution in [0.1, 0.15) is 5.56 Å². The predicted molar refractivity (Wildman–Crippen MR) is 104 cm³/mol. The fraction of sp³-hybridized carbons (Fsp3) is 0.0500. The molecule has 0 unspecified atom stereocenters. The smallest absolute Gasteiger partial charge is 0.267 e. The zero-order valence-electron chi connectivity index (χ0n) is 15.0. The Bertz CT molecular complexity index is 1200. The van der Waals surface area contributed by atoms with Crippen LogP contribution in [0.15, 0.2) is 71.9 Å². The van der Waals surface area contributed by atoms with Crippen LogP contribution >= 0.6 is 0 Å². The van der Waals surface area contributed by atoms with Gasteiger partial charge in [0.15, 0.2) is 11.5 Å². The molecule has 3 aromatic rings. The normalized spacial score (nSPS) is 13.0. The largest absolute Gasteiger partial charge is 0.454 e. The molecule has 0 saturated heterocycles. The molecule has 0 fully saturated rings. The number of amides is 1. The van der Waals surface area contributed by atoms with Crippen LogP contribution in [0, 0.1) is 0 Å². The summed E-state index contributed by atoms with van der Waals surface area (Å²) in [5, 5.41) is 8.48. The second kappa shape index (κ2) is 7.46. The van der Waals surface area contributed by atoms with Gasteiger partial charge in [0.05, 0.1) is 4.90 Å². The monoisotopic (exact) mass is 412 g/mol.